The molecule has 0 unspecified atom stereocenters. The Morgan fingerprint density at radius 1 is 1.62 bits per heavy atom. The molecule has 0 aliphatic carbocycles. The average molecular weight is 251 g/mol. The van der Waals surface area contributed by atoms with Crippen LogP contribution >= 0.6 is 15.9 Å². The van der Waals surface area contributed by atoms with Crippen molar-refractivity contribution in [2.75, 3.05) is 5.73 Å². The van der Waals surface area contributed by atoms with Gasteiger partial charge in [0.1, 0.15) is 10.4 Å². The molecule has 0 aromatic carbocycles. The van der Waals surface area contributed by atoms with Crippen molar-refractivity contribution in [3.05, 3.63) is 21.8 Å². The van der Waals surface area contributed by atoms with Gasteiger partial charge in [0.05, 0.1) is 5.56 Å². The third-order valence-corrected chi connectivity index (χ3v) is 2.02. The molecule has 0 radical (unpaired) electrons. The van der Waals surface area contributed by atoms with Gasteiger partial charge < -0.3 is 5.73 Å². The number of carbonyl (C=O) groups is 1. The number of nitrogens with two attached hydrogens (primary N) is 1. The van der Waals surface area contributed by atoms with E-state index in [0.717, 1.165) is 6.07 Å². The van der Waals surface area contributed by atoms with Gasteiger partial charge in [-0.2, -0.15) is 0 Å². The Bertz CT molecular complexity index is 344. The first-order valence-electron chi connectivity index (χ1n) is 3.25. The maximum atomic E-state index is 12.3. The highest BCUT2D eigenvalue weighted by Gasteiger charge is 2.16. The summed E-state index contributed by atoms with van der Waals surface area (Å²) in [7, 11) is 0. The minimum atomic E-state index is -2.73. The summed E-state index contributed by atoms with van der Waals surface area (Å²) in [6.45, 7) is 0. The van der Waals surface area contributed by atoms with Crippen LogP contribution in [0.2, 0.25) is 0 Å². The second-order valence-electron chi connectivity index (χ2n) is 2.26. The quantitative estimate of drug-likeness (QED) is 0.647. The van der Waals surface area contributed by atoms with Crippen molar-refractivity contribution in [1.82, 2.24) is 4.98 Å². The second-order valence-corrected chi connectivity index (χ2v) is 3.01. The van der Waals surface area contributed by atoms with Crippen LogP contribution in [-0.2, 0) is 0 Å². The molecule has 0 atom stereocenters. The molecule has 1 aromatic rings. The summed E-state index contributed by atoms with van der Waals surface area (Å²) in [6.07, 6.45) is -2.42. The fourth-order valence-corrected chi connectivity index (χ4v) is 1.39. The van der Waals surface area contributed by atoms with Crippen molar-refractivity contribution in [2.45, 2.75) is 6.43 Å². The van der Waals surface area contributed by atoms with Crippen LogP contribution in [0.15, 0.2) is 10.7 Å². The summed E-state index contributed by atoms with van der Waals surface area (Å²) in [5.41, 5.74) is 4.66. The zero-order valence-corrected chi connectivity index (χ0v) is 7.88. The summed E-state index contributed by atoms with van der Waals surface area (Å²) in [5, 5.41) is 0. The Balaban J connectivity index is 3.38. The normalized spacial score (nSPS) is 10.5. The molecule has 0 saturated carbocycles. The van der Waals surface area contributed by atoms with Crippen molar-refractivity contribution in [3.8, 4) is 0 Å². The molecule has 1 aromatic heterocycles. The predicted molar refractivity (Wildman–Crippen MR) is 46.7 cm³/mol. The molecule has 0 aliphatic heterocycles. The van der Waals surface area contributed by atoms with Gasteiger partial charge in [-0.25, -0.2) is 13.8 Å². The number of nitrogen functional groups attached to an aromatic ring is 1. The molecule has 13 heavy (non-hydrogen) atoms. The zero-order valence-electron chi connectivity index (χ0n) is 6.30. The van der Waals surface area contributed by atoms with Gasteiger partial charge in [-0.1, -0.05) is 0 Å². The summed E-state index contributed by atoms with van der Waals surface area (Å²) < 4.78 is 24.7. The van der Waals surface area contributed by atoms with Crippen molar-refractivity contribution < 1.29 is 13.6 Å². The molecule has 0 aliphatic rings. The lowest BCUT2D eigenvalue weighted by Crippen LogP contribution is -2.00. The van der Waals surface area contributed by atoms with Gasteiger partial charge in [0.2, 0.25) is 0 Å². The predicted octanol–water partition coefficient (Wildman–Crippen LogP) is 2.18. The largest absolute Gasteiger partial charge is 0.384 e. The lowest BCUT2D eigenvalue weighted by Gasteiger charge is -2.05. The first-order chi connectivity index (χ1) is 6.06. The molecular formula is C7H5BrF2N2O. The van der Waals surface area contributed by atoms with Gasteiger partial charge in [-0.15, -0.1) is 0 Å². The van der Waals surface area contributed by atoms with Gasteiger partial charge in [-0.05, 0) is 22.0 Å². The van der Waals surface area contributed by atoms with E-state index < -0.39 is 12.0 Å². The van der Waals surface area contributed by atoms with Crippen molar-refractivity contribution in [2.24, 2.45) is 0 Å². The molecule has 0 bridgehead atoms. The highest BCUT2D eigenvalue weighted by atomic mass is 79.9. The minimum absolute atomic E-state index is 0.0396. The lowest BCUT2D eigenvalue weighted by molar-refractivity contribution is 0.110. The van der Waals surface area contributed by atoms with Crippen LogP contribution in [0.4, 0.5) is 14.6 Å². The molecule has 1 heterocycles. The molecule has 2 N–H and O–H groups in total. The van der Waals surface area contributed by atoms with E-state index in [4.69, 9.17) is 5.73 Å². The number of aromatic nitrogens is 1. The number of carbonyl (C=O) groups excluding carboxylic acids is 1. The summed E-state index contributed by atoms with van der Waals surface area (Å²) in [6, 6.07) is 0.985. The van der Waals surface area contributed by atoms with Gasteiger partial charge in [0.15, 0.2) is 6.29 Å². The SMILES string of the molecule is Nc1cc(C(F)F)c(C=O)c(Br)n1. The number of alkyl halides is 2. The fourth-order valence-electron chi connectivity index (χ4n) is 0.859. The Kier molecular flexibility index (Phi) is 2.92. The summed E-state index contributed by atoms with van der Waals surface area (Å²) in [5.74, 6) is -0.0484. The maximum Gasteiger partial charge on any atom is 0.264 e. The van der Waals surface area contributed by atoms with Crippen LogP contribution in [0.3, 0.4) is 0 Å². The Labute approximate surface area is 81.1 Å². The number of pyridine rings is 1. The van der Waals surface area contributed by atoms with Crippen molar-refractivity contribution in [3.63, 3.8) is 0 Å². The smallest absolute Gasteiger partial charge is 0.264 e. The van der Waals surface area contributed by atoms with Crippen LogP contribution in [0.5, 0.6) is 0 Å². The highest BCUT2D eigenvalue weighted by Crippen LogP contribution is 2.27. The highest BCUT2D eigenvalue weighted by molar-refractivity contribution is 9.10. The monoisotopic (exact) mass is 250 g/mol. The van der Waals surface area contributed by atoms with E-state index >= 15 is 0 Å². The minimum Gasteiger partial charge on any atom is -0.384 e. The third-order valence-electron chi connectivity index (χ3n) is 1.42. The molecular weight excluding hydrogens is 246 g/mol. The average Bonchev–Trinajstić information content (AvgIpc) is 2.02. The van der Waals surface area contributed by atoms with E-state index in [1.165, 1.54) is 0 Å². The first kappa shape index (κ1) is 10.0. The molecule has 6 heteroatoms. The number of hydrogen-bond donors (Lipinski definition) is 1. The summed E-state index contributed by atoms with van der Waals surface area (Å²) in [4.78, 5) is 14.0. The number of anilines is 1. The number of halogens is 3. The van der Waals surface area contributed by atoms with E-state index in [0.29, 0.717) is 6.29 Å². The molecule has 3 nitrogen and oxygen atoms in total. The standard InChI is InChI=1S/C7H5BrF2N2O/c8-6-4(2-13)3(7(9)10)1-5(11)12-6/h1-2,7H,(H2,11,12). The van der Waals surface area contributed by atoms with E-state index in [9.17, 15) is 13.6 Å². The van der Waals surface area contributed by atoms with Gasteiger partial charge in [-0.3, -0.25) is 4.79 Å². The van der Waals surface area contributed by atoms with E-state index in [1.807, 2.05) is 0 Å². The second kappa shape index (κ2) is 3.78. The summed E-state index contributed by atoms with van der Waals surface area (Å²) >= 11 is 2.87. The van der Waals surface area contributed by atoms with Crippen LogP contribution in [0.25, 0.3) is 0 Å². The molecule has 0 amide bonds. The van der Waals surface area contributed by atoms with Crippen molar-refractivity contribution in [1.29, 1.82) is 0 Å². The fraction of sp³-hybridized carbons (Fsp3) is 0.143. The molecule has 70 valence electrons. The lowest BCUT2D eigenvalue weighted by atomic mass is 10.1. The molecule has 1 rings (SSSR count). The van der Waals surface area contributed by atoms with Crippen LogP contribution in [0.1, 0.15) is 22.3 Å². The zero-order chi connectivity index (χ0) is 10.0. The Morgan fingerprint density at radius 2 is 2.23 bits per heavy atom. The topological polar surface area (TPSA) is 56.0 Å². The van der Waals surface area contributed by atoms with E-state index in [2.05, 4.69) is 20.9 Å². The number of hydrogen-bond acceptors (Lipinski definition) is 3. The van der Waals surface area contributed by atoms with Gasteiger partial charge in [0.25, 0.3) is 6.43 Å². The number of nitrogens with zero attached hydrogens (tertiary/aromatic N) is 1. The van der Waals surface area contributed by atoms with Crippen LogP contribution < -0.4 is 5.73 Å². The third kappa shape index (κ3) is 2.00. The maximum absolute atomic E-state index is 12.3. The molecule has 0 saturated heterocycles. The first-order valence-corrected chi connectivity index (χ1v) is 4.04. The van der Waals surface area contributed by atoms with E-state index in [-0.39, 0.29) is 16.0 Å². The van der Waals surface area contributed by atoms with Gasteiger partial charge >= 0.3 is 0 Å². The Hall–Kier alpha value is -1.04. The van der Waals surface area contributed by atoms with E-state index in [1.54, 1.807) is 0 Å². The number of rotatable bonds is 2. The number of aldehydes is 1. The van der Waals surface area contributed by atoms with Crippen LogP contribution in [0, 0.1) is 0 Å². The van der Waals surface area contributed by atoms with Crippen LogP contribution in [-0.4, -0.2) is 11.3 Å². The van der Waals surface area contributed by atoms with Crippen molar-refractivity contribution >= 4 is 28.0 Å². The molecule has 0 fully saturated rings. The van der Waals surface area contributed by atoms with Gasteiger partial charge in [0, 0.05) is 5.56 Å². The Morgan fingerprint density at radius 3 is 2.69 bits per heavy atom. The molecule has 0 spiro atoms.